The highest BCUT2D eigenvalue weighted by molar-refractivity contribution is 6.00. The van der Waals surface area contributed by atoms with Gasteiger partial charge in [0.25, 0.3) is 0 Å². The zero-order chi connectivity index (χ0) is 47.7. The van der Waals surface area contributed by atoms with Gasteiger partial charge < -0.3 is 4.57 Å². The van der Waals surface area contributed by atoms with Gasteiger partial charge in [0.15, 0.2) is 0 Å². The normalized spacial score (nSPS) is 11.2. The Morgan fingerprint density at radius 1 is 0.225 bits per heavy atom. The van der Waals surface area contributed by atoms with Gasteiger partial charge >= 0.3 is 0 Å². The van der Waals surface area contributed by atoms with Crippen LogP contribution < -0.4 is 0 Å². The molecule has 0 aliphatic heterocycles. The molecule has 12 aromatic rings. The number of nitrogens with zero attached hydrogens (tertiary/aromatic N) is 1. The molecule has 0 atom stereocenters. The summed E-state index contributed by atoms with van der Waals surface area (Å²) >= 11 is 0. The Labute approximate surface area is 417 Å². The molecule has 12 rings (SSSR count). The van der Waals surface area contributed by atoms with Gasteiger partial charge in [-0.25, -0.2) is 0 Å². The highest BCUT2D eigenvalue weighted by Gasteiger charge is 2.16. The largest absolute Gasteiger partial charge is 0.316 e. The Morgan fingerprint density at radius 2 is 0.507 bits per heavy atom. The van der Waals surface area contributed by atoms with E-state index in [9.17, 15) is 0 Å². The van der Waals surface area contributed by atoms with Crippen LogP contribution in [0.2, 0.25) is 0 Å². The van der Waals surface area contributed by atoms with Gasteiger partial charge in [0, 0.05) is 22.8 Å². The van der Waals surface area contributed by atoms with E-state index in [1.807, 2.05) is 0 Å². The molecule has 0 saturated carbocycles. The maximum atomic E-state index is 2.37. The van der Waals surface area contributed by atoms with E-state index in [0.717, 1.165) is 5.69 Å². The minimum absolute atomic E-state index is 1.12. The highest BCUT2D eigenvalue weighted by atomic mass is 15.0. The van der Waals surface area contributed by atoms with Gasteiger partial charge in [-0.15, -0.1) is 0 Å². The minimum atomic E-state index is 1.12. The molecule has 0 radical (unpaired) electrons. The third-order valence-electron chi connectivity index (χ3n) is 14.2. The minimum Gasteiger partial charge on any atom is -0.316 e. The molecule has 0 amide bonds. The topological polar surface area (TPSA) is 4.93 Å². The van der Waals surface area contributed by atoms with Crippen LogP contribution in [0, 0.1) is 13.8 Å². The van der Waals surface area contributed by atoms with Crippen molar-refractivity contribution in [3.05, 3.63) is 284 Å². The molecule has 0 unspecified atom stereocenters. The van der Waals surface area contributed by atoms with Gasteiger partial charge in [0.1, 0.15) is 0 Å². The molecule has 0 fully saturated rings. The van der Waals surface area contributed by atoms with Crippen molar-refractivity contribution in [2.24, 2.45) is 0 Å². The molecule has 0 bridgehead atoms. The Balaban J connectivity index is 0.882. The second kappa shape index (κ2) is 18.8. The lowest BCUT2D eigenvalue weighted by Crippen LogP contribution is -1.93. The van der Waals surface area contributed by atoms with E-state index >= 15 is 0 Å². The summed E-state index contributed by atoms with van der Waals surface area (Å²) in [4.78, 5) is 0. The van der Waals surface area contributed by atoms with Crippen LogP contribution in [0.4, 0.5) is 0 Å². The molecular weight excluding hydrogens is 855 g/mol. The zero-order valence-electron chi connectivity index (χ0n) is 39.9. The van der Waals surface area contributed by atoms with Gasteiger partial charge in [0.05, 0.1) is 5.52 Å². The van der Waals surface area contributed by atoms with E-state index in [1.54, 1.807) is 0 Å². The molecule has 11 aromatic carbocycles. The first-order valence-electron chi connectivity index (χ1n) is 24.5. The predicted octanol–water partition coefficient (Wildman–Crippen LogP) is 19.3. The standard InChI is InChI=1S/C70H51N/c1-48-18-20-62(52-16-10-5-11-17-52)44-66(48)67-45-63(21-19-49(67)2)60-38-41-65(42-39-60)71-47-69(61-36-34-58(35-37-61)56-28-24-54(25-29-56)51-14-8-4-9-15-51)68-46-64(40-43-70(68)71)59-32-30-57(31-33-59)55-26-22-53(23-27-55)50-12-6-3-7-13-50/h3-47H,1-2H3. The highest BCUT2D eigenvalue weighted by Crippen LogP contribution is 2.39. The second-order valence-electron chi connectivity index (χ2n) is 18.7. The quantitative estimate of drug-likeness (QED) is 0.129. The molecule has 0 N–H and O–H groups in total. The summed E-state index contributed by atoms with van der Waals surface area (Å²) in [6, 6.07) is 97.3. The molecule has 0 saturated heterocycles. The van der Waals surface area contributed by atoms with Crippen LogP contribution >= 0.6 is 0 Å². The molecule has 1 nitrogen and oxygen atoms in total. The fourth-order valence-electron chi connectivity index (χ4n) is 10.2. The van der Waals surface area contributed by atoms with E-state index in [4.69, 9.17) is 0 Å². The van der Waals surface area contributed by atoms with E-state index in [-0.39, 0.29) is 0 Å². The summed E-state index contributed by atoms with van der Waals surface area (Å²) in [6.07, 6.45) is 2.32. The molecule has 71 heavy (non-hydrogen) atoms. The zero-order valence-corrected chi connectivity index (χ0v) is 39.9. The lowest BCUT2D eigenvalue weighted by atomic mass is 9.90. The average molecular weight is 906 g/mol. The van der Waals surface area contributed by atoms with E-state index in [2.05, 4.69) is 292 Å². The molecule has 1 heteroatoms. The number of hydrogen-bond acceptors (Lipinski definition) is 0. The van der Waals surface area contributed by atoms with Crippen molar-refractivity contribution in [3.63, 3.8) is 0 Å². The van der Waals surface area contributed by atoms with Gasteiger partial charge in [-0.3, -0.25) is 0 Å². The Hall–Kier alpha value is -9.04. The van der Waals surface area contributed by atoms with Crippen molar-refractivity contribution in [1.82, 2.24) is 4.57 Å². The van der Waals surface area contributed by atoms with Gasteiger partial charge in [0.2, 0.25) is 0 Å². The van der Waals surface area contributed by atoms with Crippen LogP contribution in [0.5, 0.6) is 0 Å². The third kappa shape index (κ3) is 8.71. The number of aromatic nitrogens is 1. The van der Waals surface area contributed by atoms with Crippen LogP contribution in [0.15, 0.2) is 273 Å². The second-order valence-corrected chi connectivity index (χ2v) is 18.7. The average Bonchev–Trinajstić information content (AvgIpc) is 3.83. The SMILES string of the molecule is Cc1ccc(-c2ccccc2)cc1-c1cc(-c2ccc(-n3cc(-c4ccc(-c5ccc(-c6ccccc6)cc5)cc4)c4cc(-c5ccc(-c6ccc(-c7ccccc7)cc6)cc5)ccc43)cc2)ccc1C. The third-order valence-corrected chi connectivity index (χ3v) is 14.2. The van der Waals surface area contributed by atoms with Crippen LogP contribution in [0.1, 0.15) is 11.1 Å². The summed E-state index contributed by atoms with van der Waals surface area (Å²) in [6.45, 7) is 4.43. The fourth-order valence-corrected chi connectivity index (χ4v) is 10.2. The number of benzene rings is 11. The maximum absolute atomic E-state index is 2.37. The summed E-state index contributed by atoms with van der Waals surface area (Å²) in [7, 11) is 0. The number of rotatable bonds is 10. The van der Waals surface area contributed by atoms with E-state index < -0.39 is 0 Å². The van der Waals surface area contributed by atoms with Crippen molar-refractivity contribution < 1.29 is 0 Å². The van der Waals surface area contributed by atoms with Crippen LogP contribution in [0.3, 0.4) is 0 Å². The molecular formula is C70H51N. The van der Waals surface area contributed by atoms with Crippen molar-refractivity contribution in [1.29, 1.82) is 0 Å². The van der Waals surface area contributed by atoms with Crippen molar-refractivity contribution in [2.75, 3.05) is 0 Å². The summed E-state index contributed by atoms with van der Waals surface area (Å²) < 4.78 is 2.36. The first-order valence-corrected chi connectivity index (χ1v) is 24.5. The molecule has 336 valence electrons. The van der Waals surface area contributed by atoms with E-state index in [1.165, 1.54) is 122 Å². The lowest BCUT2D eigenvalue weighted by Gasteiger charge is -2.14. The summed E-state index contributed by atoms with van der Waals surface area (Å²) in [5.74, 6) is 0. The molecule has 0 spiro atoms. The van der Waals surface area contributed by atoms with E-state index in [0.29, 0.717) is 0 Å². The molecule has 0 aliphatic rings. The Kier molecular flexibility index (Phi) is 11.5. The van der Waals surface area contributed by atoms with Crippen molar-refractivity contribution in [3.8, 4) is 106 Å². The number of aryl methyl sites for hydroxylation is 2. The number of fused-ring (bicyclic) bond motifs is 1. The van der Waals surface area contributed by atoms with Gasteiger partial charge in [-0.1, -0.05) is 231 Å². The van der Waals surface area contributed by atoms with Crippen molar-refractivity contribution >= 4 is 10.9 Å². The maximum Gasteiger partial charge on any atom is 0.0535 e. The van der Waals surface area contributed by atoms with Crippen LogP contribution in [-0.4, -0.2) is 4.57 Å². The molecule has 1 aromatic heterocycles. The predicted molar refractivity (Wildman–Crippen MR) is 302 cm³/mol. The summed E-state index contributed by atoms with van der Waals surface area (Å²) in [5.41, 5.74) is 26.7. The fraction of sp³-hybridized carbons (Fsp3) is 0.0286. The lowest BCUT2D eigenvalue weighted by molar-refractivity contribution is 1.13. The van der Waals surface area contributed by atoms with Gasteiger partial charge in [-0.05, 0) is 156 Å². The Morgan fingerprint density at radius 3 is 0.901 bits per heavy atom. The molecule has 0 aliphatic carbocycles. The first-order chi connectivity index (χ1) is 35.0. The molecule has 1 heterocycles. The summed E-state index contributed by atoms with van der Waals surface area (Å²) in [5, 5.41) is 1.21. The smallest absolute Gasteiger partial charge is 0.0535 e. The Bertz CT molecular complexity index is 3790. The van der Waals surface area contributed by atoms with Crippen molar-refractivity contribution in [2.45, 2.75) is 13.8 Å². The van der Waals surface area contributed by atoms with Crippen LogP contribution in [0.25, 0.3) is 117 Å². The van der Waals surface area contributed by atoms with Crippen LogP contribution in [-0.2, 0) is 0 Å². The monoisotopic (exact) mass is 905 g/mol. The first kappa shape index (κ1) is 43.3. The van der Waals surface area contributed by atoms with Gasteiger partial charge in [-0.2, -0.15) is 0 Å². The number of hydrogen-bond donors (Lipinski definition) is 0.